The van der Waals surface area contributed by atoms with E-state index in [1.54, 1.807) is 44.2 Å². The maximum atomic E-state index is 12.9. The third kappa shape index (κ3) is 5.04. The molecule has 0 aliphatic rings. The van der Waals surface area contributed by atoms with Crippen LogP contribution in [-0.2, 0) is 15.7 Å². The Morgan fingerprint density at radius 2 is 1.77 bits per heavy atom. The summed E-state index contributed by atoms with van der Waals surface area (Å²) in [6, 6.07) is 12.5. The summed E-state index contributed by atoms with van der Waals surface area (Å²) in [5, 5.41) is 3.07. The highest BCUT2D eigenvalue weighted by Crippen LogP contribution is 2.31. The van der Waals surface area contributed by atoms with Gasteiger partial charge in [0.2, 0.25) is 6.10 Å². The van der Waals surface area contributed by atoms with Crippen molar-refractivity contribution in [3.63, 3.8) is 0 Å². The summed E-state index contributed by atoms with van der Waals surface area (Å²) in [5.41, 5.74) is -0.0947. The smallest absolute Gasteiger partial charge is 0.416 e. The Labute approximate surface area is 174 Å². The van der Waals surface area contributed by atoms with Crippen molar-refractivity contribution >= 4 is 28.9 Å². The first kappa shape index (κ1) is 21.5. The number of esters is 1. The number of thiazole rings is 1. The number of halogens is 3. The van der Waals surface area contributed by atoms with Gasteiger partial charge in [0.1, 0.15) is 4.88 Å². The first-order valence-corrected chi connectivity index (χ1v) is 9.65. The molecule has 5 nitrogen and oxygen atoms in total. The molecule has 1 atom stereocenters. The predicted molar refractivity (Wildman–Crippen MR) is 106 cm³/mol. The number of hydrogen-bond donors (Lipinski definition) is 1. The van der Waals surface area contributed by atoms with E-state index in [-0.39, 0.29) is 10.6 Å². The average molecular weight is 434 g/mol. The Balaban J connectivity index is 1.87. The number of anilines is 1. The summed E-state index contributed by atoms with van der Waals surface area (Å²) in [6.45, 7) is 3.39. The number of aryl methyl sites for hydroxylation is 2. The lowest BCUT2D eigenvalue weighted by atomic mass is 10.1. The minimum Gasteiger partial charge on any atom is -0.443 e. The van der Waals surface area contributed by atoms with Crippen LogP contribution in [0.4, 0.5) is 18.9 Å². The van der Waals surface area contributed by atoms with Crippen molar-refractivity contribution < 1.29 is 27.5 Å². The molecule has 156 valence electrons. The van der Waals surface area contributed by atoms with Crippen LogP contribution in [0.5, 0.6) is 0 Å². The fourth-order valence-electron chi connectivity index (χ4n) is 2.76. The number of rotatable bonds is 5. The van der Waals surface area contributed by atoms with Crippen LogP contribution in [0, 0.1) is 13.8 Å². The van der Waals surface area contributed by atoms with Crippen LogP contribution in [-0.4, -0.2) is 16.9 Å². The number of ether oxygens (including phenoxy) is 1. The minimum atomic E-state index is -4.55. The number of carbonyl (C=O) groups excluding carboxylic acids is 2. The van der Waals surface area contributed by atoms with Crippen LogP contribution < -0.4 is 5.32 Å². The van der Waals surface area contributed by atoms with E-state index < -0.39 is 29.7 Å². The number of amides is 1. The maximum Gasteiger partial charge on any atom is 0.416 e. The number of alkyl halides is 3. The van der Waals surface area contributed by atoms with Crippen LogP contribution >= 0.6 is 11.3 Å². The van der Waals surface area contributed by atoms with Crippen molar-refractivity contribution in [3.8, 4) is 0 Å². The van der Waals surface area contributed by atoms with Crippen molar-refractivity contribution in [1.29, 1.82) is 0 Å². The topological polar surface area (TPSA) is 68.3 Å². The first-order valence-electron chi connectivity index (χ1n) is 8.83. The lowest BCUT2D eigenvalue weighted by Crippen LogP contribution is -2.26. The molecular formula is C21H17F3N2O3S. The van der Waals surface area contributed by atoms with Gasteiger partial charge in [0, 0.05) is 11.3 Å². The van der Waals surface area contributed by atoms with Gasteiger partial charge >= 0.3 is 12.1 Å². The van der Waals surface area contributed by atoms with Gasteiger partial charge in [-0.15, -0.1) is 11.3 Å². The second kappa shape index (κ2) is 8.66. The molecule has 0 saturated heterocycles. The van der Waals surface area contributed by atoms with Crippen LogP contribution in [0.1, 0.15) is 37.6 Å². The Morgan fingerprint density at radius 3 is 2.37 bits per heavy atom. The Kier molecular flexibility index (Phi) is 6.21. The van der Waals surface area contributed by atoms with E-state index in [4.69, 9.17) is 4.74 Å². The van der Waals surface area contributed by atoms with E-state index in [1.165, 1.54) is 12.1 Å². The summed E-state index contributed by atoms with van der Waals surface area (Å²) >= 11 is 1.14. The monoisotopic (exact) mass is 434 g/mol. The molecule has 1 aromatic heterocycles. The molecule has 1 amide bonds. The highest BCUT2D eigenvalue weighted by molar-refractivity contribution is 7.13. The van der Waals surface area contributed by atoms with Crippen LogP contribution in [0.15, 0.2) is 54.6 Å². The fraction of sp³-hybridized carbons (Fsp3) is 0.190. The SMILES string of the molecule is Cc1nc(C)c(C(=O)O[C@H](C(=O)Nc2cccc(C(F)(F)F)c2)c2ccccc2)s1. The van der Waals surface area contributed by atoms with E-state index in [2.05, 4.69) is 10.3 Å². The maximum absolute atomic E-state index is 12.9. The van der Waals surface area contributed by atoms with Crippen LogP contribution in [0.2, 0.25) is 0 Å². The molecule has 0 fully saturated rings. The van der Waals surface area contributed by atoms with Crippen molar-refractivity contribution in [2.45, 2.75) is 26.1 Å². The number of carbonyl (C=O) groups is 2. The Bertz CT molecular complexity index is 1060. The van der Waals surface area contributed by atoms with Gasteiger partial charge in [-0.3, -0.25) is 4.79 Å². The number of hydrogen-bond acceptors (Lipinski definition) is 5. The zero-order valence-corrected chi connectivity index (χ0v) is 16.8. The molecule has 0 spiro atoms. The molecule has 0 aliphatic heterocycles. The quantitative estimate of drug-likeness (QED) is 0.552. The zero-order chi connectivity index (χ0) is 21.9. The molecule has 0 radical (unpaired) electrons. The molecule has 30 heavy (non-hydrogen) atoms. The predicted octanol–water partition coefficient (Wildman–Crippen LogP) is 5.32. The molecule has 0 aliphatic carbocycles. The normalized spacial score (nSPS) is 12.3. The van der Waals surface area contributed by atoms with Crippen molar-refractivity contribution in [1.82, 2.24) is 4.98 Å². The second-order valence-corrected chi connectivity index (χ2v) is 7.61. The first-order chi connectivity index (χ1) is 14.1. The van der Waals surface area contributed by atoms with Gasteiger partial charge < -0.3 is 10.1 Å². The molecule has 1 heterocycles. The lowest BCUT2D eigenvalue weighted by Gasteiger charge is -2.18. The van der Waals surface area contributed by atoms with Gasteiger partial charge in [-0.2, -0.15) is 13.2 Å². The molecule has 3 aromatic rings. The molecule has 0 saturated carbocycles. The molecule has 2 aromatic carbocycles. The van der Waals surface area contributed by atoms with Crippen LogP contribution in [0.25, 0.3) is 0 Å². The summed E-state index contributed by atoms with van der Waals surface area (Å²) in [5.74, 6) is -1.50. The molecule has 3 rings (SSSR count). The number of nitrogens with one attached hydrogen (secondary N) is 1. The highest BCUT2D eigenvalue weighted by Gasteiger charge is 2.31. The highest BCUT2D eigenvalue weighted by atomic mass is 32.1. The van der Waals surface area contributed by atoms with Gasteiger partial charge in [-0.05, 0) is 32.0 Å². The van der Waals surface area contributed by atoms with Gasteiger partial charge in [0.05, 0.1) is 16.3 Å². The van der Waals surface area contributed by atoms with Gasteiger partial charge in [0.25, 0.3) is 5.91 Å². The third-order valence-electron chi connectivity index (χ3n) is 4.11. The molecule has 1 N–H and O–H groups in total. The summed E-state index contributed by atoms with van der Waals surface area (Å²) < 4.78 is 44.3. The molecule has 0 unspecified atom stereocenters. The van der Waals surface area contributed by atoms with Gasteiger partial charge in [-0.25, -0.2) is 9.78 Å². The van der Waals surface area contributed by atoms with E-state index >= 15 is 0 Å². The molecule has 9 heteroatoms. The summed E-state index contributed by atoms with van der Waals surface area (Å²) in [4.78, 5) is 29.9. The van der Waals surface area contributed by atoms with E-state index in [9.17, 15) is 22.8 Å². The zero-order valence-electron chi connectivity index (χ0n) is 16.0. The van der Waals surface area contributed by atoms with Gasteiger partial charge in [-0.1, -0.05) is 36.4 Å². The fourth-order valence-corrected chi connectivity index (χ4v) is 3.57. The number of benzene rings is 2. The molecule has 0 bridgehead atoms. The van der Waals surface area contributed by atoms with Crippen molar-refractivity contribution in [3.05, 3.63) is 81.3 Å². The van der Waals surface area contributed by atoms with E-state index in [1.807, 2.05) is 0 Å². The second-order valence-electron chi connectivity index (χ2n) is 6.41. The Hall–Kier alpha value is -3.20. The van der Waals surface area contributed by atoms with Crippen molar-refractivity contribution in [2.75, 3.05) is 5.32 Å². The largest absolute Gasteiger partial charge is 0.443 e. The van der Waals surface area contributed by atoms with E-state index in [0.29, 0.717) is 16.3 Å². The lowest BCUT2D eigenvalue weighted by molar-refractivity contribution is -0.137. The third-order valence-corrected chi connectivity index (χ3v) is 5.16. The summed E-state index contributed by atoms with van der Waals surface area (Å²) in [7, 11) is 0. The Morgan fingerprint density at radius 1 is 1.07 bits per heavy atom. The standard InChI is InChI=1S/C21H17F3N2O3S/c1-12-18(30-13(2)25-12)20(28)29-17(14-7-4-3-5-8-14)19(27)26-16-10-6-9-15(11-16)21(22,23)24/h3-11,17H,1-2H3,(H,26,27)/t17-/m0/s1. The average Bonchev–Trinajstić information content (AvgIpc) is 3.04. The molecular weight excluding hydrogens is 417 g/mol. The minimum absolute atomic E-state index is 0.0587. The van der Waals surface area contributed by atoms with Crippen molar-refractivity contribution in [2.24, 2.45) is 0 Å². The van der Waals surface area contributed by atoms with E-state index in [0.717, 1.165) is 23.5 Å². The number of nitrogens with zero attached hydrogens (tertiary/aromatic N) is 1. The van der Waals surface area contributed by atoms with Gasteiger partial charge in [0.15, 0.2) is 0 Å². The van der Waals surface area contributed by atoms with Crippen LogP contribution in [0.3, 0.4) is 0 Å². The number of aromatic nitrogens is 1. The summed E-state index contributed by atoms with van der Waals surface area (Å²) in [6.07, 6.45) is -5.90.